The third-order valence-electron chi connectivity index (χ3n) is 6.27. The maximum Gasteiger partial charge on any atom is 0.253 e. The van der Waals surface area contributed by atoms with Crippen molar-refractivity contribution in [2.24, 2.45) is 0 Å². The van der Waals surface area contributed by atoms with E-state index in [1.807, 2.05) is 53.4 Å². The summed E-state index contributed by atoms with van der Waals surface area (Å²) in [4.78, 5) is 21.9. The summed E-state index contributed by atoms with van der Waals surface area (Å²) < 4.78 is 0. The van der Waals surface area contributed by atoms with Gasteiger partial charge in [0.25, 0.3) is 5.91 Å². The SMILES string of the molecule is O=C(c1ccccc1)N1CCN(CCCN2CCN(c3cccc(Cl)c3Cl)CC2)CC1. The van der Waals surface area contributed by atoms with Gasteiger partial charge in [0.2, 0.25) is 0 Å². The van der Waals surface area contributed by atoms with Gasteiger partial charge in [0.1, 0.15) is 0 Å². The summed E-state index contributed by atoms with van der Waals surface area (Å²) in [6.07, 6.45) is 1.16. The van der Waals surface area contributed by atoms with Crippen molar-refractivity contribution >= 4 is 34.8 Å². The Kier molecular flexibility index (Phi) is 7.72. The first-order valence-corrected chi connectivity index (χ1v) is 11.9. The minimum Gasteiger partial charge on any atom is -0.368 e. The Labute approximate surface area is 195 Å². The zero-order valence-corrected chi connectivity index (χ0v) is 19.4. The van der Waals surface area contributed by atoms with Gasteiger partial charge < -0.3 is 9.80 Å². The highest BCUT2D eigenvalue weighted by molar-refractivity contribution is 6.43. The molecule has 0 aromatic heterocycles. The minimum absolute atomic E-state index is 0.151. The number of anilines is 1. The summed E-state index contributed by atoms with van der Waals surface area (Å²) in [5.74, 6) is 0.151. The Bertz CT molecular complexity index is 863. The van der Waals surface area contributed by atoms with E-state index in [4.69, 9.17) is 23.2 Å². The molecular weight excluding hydrogens is 431 g/mol. The van der Waals surface area contributed by atoms with E-state index < -0.39 is 0 Å². The molecule has 2 aromatic rings. The molecule has 5 nitrogen and oxygen atoms in total. The average Bonchev–Trinajstić information content (AvgIpc) is 2.82. The molecule has 2 aliphatic rings. The third-order valence-corrected chi connectivity index (χ3v) is 7.08. The minimum atomic E-state index is 0.151. The number of halogens is 2. The molecule has 2 heterocycles. The summed E-state index contributed by atoms with van der Waals surface area (Å²) in [7, 11) is 0. The second kappa shape index (κ2) is 10.7. The summed E-state index contributed by atoms with van der Waals surface area (Å²) in [6, 6.07) is 15.4. The van der Waals surface area contributed by atoms with Crippen molar-refractivity contribution in [2.75, 3.05) is 70.3 Å². The lowest BCUT2D eigenvalue weighted by molar-refractivity contribution is 0.0631. The zero-order valence-electron chi connectivity index (χ0n) is 17.9. The number of hydrogen-bond acceptors (Lipinski definition) is 4. The van der Waals surface area contributed by atoms with E-state index in [0.29, 0.717) is 10.0 Å². The van der Waals surface area contributed by atoms with Crippen molar-refractivity contribution in [3.05, 3.63) is 64.1 Å². The Balaban J connectivity index is 1.15. The molecule has 2 fully saturated rings. The number of benzene rings is 2. The second-order valence-corrected chi connectivity index (χ2v) is 9.04. The van der Waals surface area contributed by atoms with Crippen LogP contribution in [-0.4, -0.2) is 86.1 Å². The zero-order chi connectivity index (χ0) is 21.6. The fraction of sp³-hybridized carbons (Fsp3) is 0.458. The van der Waals surface area contributed by atoms with Crippen LogP contribution in [0.2, 0.25) is 10.0 Å². The van der Waals surface area contributed by atoms with Gasteiger partial charge in [-0.15, -0.1) is 0 Å². The van der Waals surface area contributed by atoms with Crippen LogP contribution >= 0.6 is 23.2 Å². The standard InChI is InChI=1S/C24H30Cl2N4O/c25-21-8-4-9-22(23(21)26)29-16-12-27(13-17-29)10-5-11-28-14-18-30(19-15-28)24(31)20-6-2-1-3-7-20/h1-4,6-9H,5,10-19H2. The number of piperazine rings is 2. The Hall–Kier alpha value is -1.79. The third kappa shape index (κ3) is 5.72. The van der Waals surface area contributed by atoms with E-state index >= 15 is 0 Å². The molecular formula is C24H30Cl2N4O. The van der Waals surface area contributed by atoms with Crippen LogP contribution in [0, 0.1) is 0 Å². The molecule has 0 N–H and O–H groups in total. The molecule has 0 saturated carbocycles. The van der Waals surface area contributed by atoms with E-state index in [-0.39, 0.29) is 5.91 Å². The molecule has 2 aliphatic heterocycles. The molecule has 4 rings (SSSR count). The van der Waals surface area contributed by atoms with Crippen molar-refractivity contribution in [1.29, 1.82) is 0 Å². The van der Waals surface area contributed by atoms with Crippen LogP contribution in [-0.2, 0) is 0 Å². The lowest BCUT2D eigenvalue weighted by Gasteiger charge is -2.37. The maximum atomic E-state index is 12.6. The van der Waals surface area contributed by atoms with Gasteiger partial charge in [0.05, 0.1) is 15.7 Å². The molecule has 0 radical (unpaired) electrons. The van der Waals surface area contributed by atoms with Gasteiger partial charge in [0, 0.05) is 57.9 Å². The van der Waals surface area contributed by atoms with Gasteiger partial charge in [-0.05, 0) is 43.8 Å². The molecule has 0 bridgehead atoms. The van der Waals surface area contributed by atoms with Crippen LogP contribution in [0.15, 0.2) is 48.5 Å². The van der Waals surface area contributed by atoms with Gasteiger partial charge >= 0.3 is 0 Å². The average molecular weight is 461 g/mol. The normalized spacial score (nSPS) is 18.4. The Morgan fingerprint density at radius 2 is 1.35 bits per heavy atom. The lowest BCUT2D eigenvalue weighted by atomic mass is 10.2. The molecule has 0 aliphatic carbocycles. The fourth-order valence-electron chi connectivity index (χ4n) is 4.40. The Morgan fingerprint density at radius 1 is 0.742 bits per heavy atom. The topological polar surface area (TPSA) is 30.0 Å². The molecule has 0 spiro atoms. The molecule has 31 heavy (non-hydrogen) atoms. The van der Waals surface area contributed by atoms with Crippen LogP contribution in [0.25, 0.3) is 0 Å². The van der Waals surface area contributed by atoms with E-state index in [9.17, 15) is 4.79 Å². The quantitative estimate of drug-likeness (QED) is 0.652. The number of nitrogens with zero attached hydrogens (tertiary/aromatic N) is 4. The number of rotatable bonds is 6. The van der Waals surface area contributed by atoms with Gasteiger partial charge in [0.15, 0.2) is 0 Å². The lowest BCUT2D eigenvalue weighted by Crippen LogP contribution is -2.50. The Morgan fingerprint density at radius 3 is 2.00 bits per heavy atom. The first-order valence-electron chi connectivity index (χ1n) is 11.1. The summed E-state index contributed by atoms with van der Waals surface area (Å²) >= 11 is 12.5. The van der Waals surface area contributed by atoms with Crippen LogP contribution in [0.4, 0.5) is 5.69 Å². The molecule has 2 saturated heterocycles. The number of carbonyl (C=O) groups excluding carboxylic acids is 1. The molecule has 0 unspecified atom stereocenters. The summed E-state index contributed by atoms with van der Waals surface area (Å²) in [5, 5.41) is 1.27. The highest BCUT2D eigenvalue weighted by Crippen LogP contribution is 2.32. The van der Waals surface area contributed by atoms with E-state index in [0.717, 1.165) is 83.1 Å². The predicted octanol–water partition coefficient (Wildman–Crippen LogP) is 3.96. The highest BCUT2D eigenvalue weighted by Gasteiger charge is 2.23. The van der Waals surface area contributed by atoms with Gasteiger partial charge in [-0.1, -0.05) is 47.5 Å². The van der Waals surface area contributed by atoms with Crippen molar-refractivity contribution in [2.45, 2.75) is 6.42 Å². The monoisotopic (exact) mass is 460 g/mol. The van der Waals surface area contributed by atoms with E-state index in [1.54, 1.807) is 0 Å². The van der Waals surface area contributed by atoms with Crippen molar-refractivity contribution in [3.8, 4) is 0 Å². The van der Waals surface area contributed by atoms with Crippen molar-refractivity contribution in [3.63, 3.8) is 0 Å². The fourth-order valence-corrected chi connectivity index (χ4v) is 4.82. The largest absolute Gasteiger partial charge is 0.368 e. The van der Waals surface area contributed by atoms with E-state index in [2.05, 4.69) is 14.7 Å². The molecule has 2 aromatic carbocycles. The van der Waals surface area contributed by atoms with Crippen LogP contribution in [0.3, 0.4) is 0 Å². The molecule has 166 valence electrons. The summed E-state index contributed by atoms with van der Waals surface area (Å²) in [6.45, 7) is 9.78. The van der Waals surface area contributed by atoms with E-state index in [1.165, 1.54) is 0 Å². The van der Waals surface area contributed by atoms with Gasteiger partial charge in [-0.3, -0.25) is 14.6 Å². The first kappa shape index (κ1) is 22.4. The van der Waals surface area contributed by atoms with Crippen LogP contribution in [0.5, 0.6) is 0 Å². The predicted molar refractivity (Wildman–Crippen MR) is 129 cm³/mol. The van der Waals surface area contributed by atoms with Gasteiger partial charge in [-0.2, -0.15) is 0 Å². The smallest absolute Gasteiger partial charge is 0.253 e. The second-order valence-electron chi connectivity index (χ2n) is 8.26. The van der Waals surface area contributed by atoms with Crippen LogP contribution in [0.1, 0.15) is 16.8 Å². The highest BCUT2D eigenvalue weighted by atomic mass is 35.5. The molecule has 1 amide bonds. The summed E-state index contributed by atoms with van der Waals surface area (Å²) in [5.41, 5.74) is 1.82. The van der Waals surface area contributed by atoms with Crippen molar-refractivity contribution < 1.29 is 4.79 Å². The number of amides is 1. The number of carbonyl (C=O) groups is 1. The molecule has 0 atom stereocenters. The maximum absolute atomic E-state index is 12.6. The number of hydrogen-bond donors (Lipinski definition) is 0. The van der Waals surface area contributed by atoms with Gasteiger partial charge in [-0.25, -0.2) is 0 Å². The molecule has 7 heteroatoms. The first-order chi connectivity index (χ1) is 15.1. The van der Waals surface area contributed by atoms with Crippen LogP contribution < -0.4 is 4.90 Å². The van der Waals surface area contributed by atoms with Crippen molar-refractivity contribution in [1.82, 2.24) is 14.7 Å².